The number of nitrogens with zero attached hydrogens (tertiary/aromatic N) is 3. The highest BCUT2D eigenvalue weighted by atomic mass is 35.5. The molecule has 6 nitrogen and oxygen atoms in total. The number of amides is 1. The van der Waals surface area contributed by atoms with Crippen LogP contribution < -0.4 is 4.74 Å². The number of likely N-dealkylation sites (N-methyl/N-ethyl adjacent to an activating group) is 1. The second kappa shape index (κ2) is 11.7. The van der Waals surface area contributed by atoms with Crippen molar-refractivity contribution >= 4 is 17.5 Å². The average molecular weight is 500 g/mol. The van der Waals surface area contributed by atoms with Gasteiger partial charge in [-0.05, 0) is 87.2 Å². The first-order valence-corrected chi connectivity index (χ1v) is 13.1. The summed E-state index contributed by atoms with van der Waals surface area (Å²) in [7, 11) is 1.99. The summed E-state index contributed by atoms with van der Waals surface area (Å²) >= 11 is 6.00. The van der Waals surface area contributed by atoms with Gasteiger partial charge in [-0.3, -0.25) is 9.69 Å². The zero-order chi connectivity index (χ0) is 24.9. The van der Waals surface area contributed by atoms with Crippen LogP contribution in [-0.4, -0.2) is 84.7 Å². The van der Waals surface area contributed by atoms with E-state index < -0.39 is 0 Å². The van der Waals surface area contributed by atoms with Crippen molar-refractivity contribution in [2.24, 2.45) is 0 Å². The van der Waals surface area contributed by atoms with Gasteiger partial charge in [0.25, 0.3) is 5.91 Å². The lowest BCUT2D eigenvalue weighted by molar-refractivity contribution is 0.0101. The molecule has 2 saturated heterocycles. The number of carbonyl (C=O) groups is 1. The second-order valence-corrected chi connectivity index (χ2v) is 10.3. The fraction of sp³-hybridized carbons (Fsp3) is 0.536. The summed E-state index contributed by atoms with van der Waals surface area (Å²) in [4.78, 5) is 19.8. The highest BCUT2D eigenvalue weighted by molar-refractivity contribution is 6.30. The van der Waals surface area contributed by atoms with Crippen LogP contribution in [0.2, 0.25) is 5.02 Å². The molecule has 2 aromatic rings. The normalized spacial score (nSPS) is 20.7. The Morgan fingerprint density at radius 2 is 1.86 bits per heavy atom. The number of hydrogen-bond donors (Lipinski definition) is 1. The molecule has 1 unspecified atom stereocenters. The summed E-state index contributed by atoms with van der Waals surface area (Å²) in [6, 6.07) is 12.3. The molecule has 2 aromatic carbocycles. The highest BCUT2D eigenvalue weighted by Gasteiger charge is 2.37. The average Bonchev–Trinajstić information content (AvgIpc) is 2.86. The van der Waals surface area contributed by atoms with Crippen LogP contribution in [0.4, 0.5) is 0 Å². The maximum absolute atomic E-state index is 13.1. The second-order valence-electron chi connectivity index (χ2n) is 9.87. The summed E-state index contributed by atoms with van der Waals surface area (Å²) in [5.41, 5.74) is 4.59. The van der Waals surface area contributed by atoms with E-state index in [4.69, 9.17) is 21.4 Å². The van der Waals surface area contributed by atoms with E-state index in [0.29, 0.717) is 35.8 Å². The molecule has 2 aliphatic heterocycles. The van der Waals surface area contributed by atoms with Crippen LogP contribution in [0, 0.1) is 13.8 Å². The molecule has 7 heteroatoms. The van der Waals surface area contributed by atoms with Gasteiger partial charge in [0.2, 0.25) is 0 Å². The van der Waals surface area contributed by atoms with Crippen molar-refractivity contribution in [2.45, 2.75) is 45.2 Å². The number of piperidine rings is 1. The van der Waals surface area contributed by atoms with Gasteiger partial charge in [-0.25, -0.2) is 0 Å². The minimum atomic E-state index is 0.0987. The van der Waals surface area contributed by atoms with Gasteiger partial charge in [-0.2, -0.15) is 0 Å². The molecule has 4 rings (SSSR count). The van der Waals surface area contributed by atoms with E-state index in [9.17, 15) is 4.79 Å². The minimum Gasteiger partial charge on any atom is -0.492 e. The van der Waals surface area contributed by atoms with Crippen molar-refractivity contribution < 1.29 is 14.6 Å². The van der Waals surface area contributed by atoms with Crippen molar-refractivity contribution in [3.8, 4) is 5.75 Å². The third kappa shape index (κ3) is 6.00. The Morgan fingerprint density at radius 1 is 1.09 bits per heavy atom. The summed E-state index contributed by atoms with van der Waals surface area (Å²) in [6.45, 7) is 8.97. The number of halogens is 1. The molecule has 35 heavy (non-hydrogen) atoms. The van der Waals surface area contributed by atoms with E-state index in [2.05, 4.69) is 35.8 Å². The predicted octanol–water partition coefficient (Wildman–Crippen LogP) is 4.31. The number of aliphatic hydroxyl groups is 1. The summed E-state index contributed by atoms with van der Waals surface area (Å²) in [6.07, 6.45) is 3.44. The van der Waals surface area contributed by atoms with Crippen LogP contribution in [-0.2, 0) is 0 Å². The molecule has 0 spiro atoms. The third-order valence-corrected chi connectivity index (χ3v) is 7.92. The van der Waals surface area contributed by atoms with Gasteiger partial charge in [0.15, 0.2) is 0 Å². The lowest BCUT2D eigenvalue weighted by atomic mass is 9.86. The molecule has 0 bridgehead atoms. The number of aliphatic hydroxyl groups excluding tert-OH is 1. The molecule has 2 fully saturated rings. The molecule has 2 aliphatic rings. The first-order valence-electron chi connectivity index (χ1n) is 12.7. The molecule has 1 amide bonds. The fourth-order valence-corrected chi connectivity index (χ4v) is 5.60. The van der Waals surface area contributed by atoms with E-state index in [0.717, 1.165) is 44.8 Å². The van der Waals surface area contributed by atoms with Crippen molar-refractivity contribution in [2.75, 3.05) is 53.0 Å². The van der Waals surface area contributed by atoms with Crippen molar-refractivity contribution in [1.82, 2.24) is 14.7 Å². The number of piperazine rings is 1. The highest BCUT2D eigenvalue weighted by Crippen LogP contribution is 2.39. The molecular formula is C28H38ClN3O3. The van der Waals surface area contributed by atoms with Gasteiger partial charge in [0.1, 0.15) is 12.4 Å². The fourth-order valence-electron chi connectivity index (χ4n) is 5.47. The predicted molar refractivity (Wildman–Crippen MR) is 140 cm³/mol. The van der Waals surface area contributed by atoms with E-state index in [1.807, 2.05) is 24.1 Å². The van der Waals surface area contributed by atoms with Crippen molar-refractivity contribution in [1.29, 1.82) is 0 Å². The number of rotatable bonds is 8. The molecule has 0 saturated carbocycles. The maximum atomic E-state index is 13.1. The minimum absolute atomic E-state index is 0.0987. The molecule has 2 atom stereocenters. The Labute approximate surface area is 214 Å². The standard InChI is InChI=1S/C28H38ClN3O3/c1-20-21(2)27(35-18-16-30(3)15-17-33)12-11-25(20)26-6-4-5-24-19-31(13-14-32(24)26)28(34)22-7-9-23(29)10-8-22/h7-12,24,26,33H,4-6,13-19H2,1-3H3/t24-,26?/m0/s1. The number of hydrogen-bond acceptors (Lipinski definition) is 5. The Morgan fingerprint density at radius 3 is 2.60 bits per heavy atom. The van der Waals surface area contributed by atoms with Crippen molar-refractivity contribution in [3.05, 3.63) is 63.7 Å². The Hall–Kier alpha value is -2.12. The van der Waals surface area contributed by atoms with E-state index in [-0.39, 0.29) is 12.5 Å². The molecule has 0 aromatic heterocycles. The SMILES string of the molecule is Cc1c(OCCN(C)CCO)ccc(C2CCC[C@H]3CN(C(=O)c4ccc(Cl)cc4)CCN23)c1C. The third-order valence-electron chi connectivity index (χ3n) is 7.67. The zero-order valence-electron chi connectivity index (χ0n) is 21.2. The molecule has 0 radical (unpaired) electrons. The molecule has 1 N–H and O–H groups in total. The topological polar surface area (TPSA) is 56.3 Å². The first-order chi connectivity index (χ1) is 16.9. The van der Waals surface area contributed by atoms with Crippen molar-refractivity contribution in [3.63, 3.8) is 0 Å². The van der Waals surface area contributed by atoms with Gasteiger partial charge >= 0.3 is 0 Å². The van der Waals surface area contributed by atoms with Gasteiger partial charge in [0.05, 0.1) is 6.61 Å². The Balaban J connectivity index is 1.42. The summed E-state index contributed by atoms with van der Waals surface area (Å²) in [5, 5.41) is 9.71. The Bertz CT molecular complexity index is 1010. The molecule has 0 aliphatic carbocycles. The molecular weight excluding hydrogens is 462 g/mol. The lowest BCUT2D eigenvalue weighted by Gasteiger charge is -2.48. The summed E-state index contributed by atoms with van der Waals surface area (Å²) < 4.78 is 6.08. The monoisotopic (exact) mass is 499 g/mol. The van der Waals surface area contributed by atoms with Gasteiger partial charge in [-0.15, -0.1) is 0 Å². The number of benzene rings is 2. The smallest absolute Gasteiger partial charge is 0.253 e. The Kier molecular flexibility index (Phi) is 8.71. The zero-order valence-corrected chi connectivity index (χ0v) is 21.9. The van der Waals surface area contributed by atoms with Crippen LogP contribution >= 0.6 is 11.6 Å². The number of carbonyl (C=O) groups excluding carboxylic acids is 1. The van der Waals surface area contributed by atoms with Crippen LogP contribution in [0.3, 0.4) is 0 Å². The molecule has 190 valence electrons. The largest absolute Gasteiger partial charge is 0.492 e. The van der Waals surface area contributed by atoms with Crippen LogP contribution in [0.5, 0.6) is 5.75 Å². The molecule has 2 heterocycles. The quantitative estimate of drug-likeness (QED) is 0.586. The van der Waals surface area contributed by atoms with Crippen LogP contribution in [0.1, 0.15) is 52.4 Å². The van der Waals surface area contributed by atoms with E-state index in [1.54, 1.807) is 12.1 Å². The number of ether oxygens (including phenoxy) is 1. The van der Waals surface area contributed by atoms with Crippen LogP contribution in [0.25, 0.3) is 0 Å². The van der Waals surface area contributed by atoms with E-state index in [1.165, 1.54) is 23.1 Å². The van der Waals surface area contributed by atoms with Gasteiger partial charge in [0, 0.05) is 55.4 Å². The van der Waals surface area contributed by atoms with E-state index >= 15 is 0 Å². The first kappa shape index (κ1) is 26.0. The van der Waals surface area contributed by atoms with Gasteiger partial charge < -0.3 is 19.6 Å². The summed E-state index contributed by atoms with van der Waals surface area (Å²) in [5.74, 6) is 1.04. The number of fused-ring (bicyclic) bond motifs is 1. The lowest BCUT2D eigenvalue weighted by Crippen LogP contribution is -2.57. The van der Waals surface area contributed by atoms with Gasteiger partial charge in [-0.1, -0.05) is 17.7 Å². The maximum Gasteiger partial charge on any atom is 0.253 e. The van der Waals surface area contributed by atoms with Crippen LogP contribution in [0.15, 0.2) is 36.4 Å².